The Labute approximate surface area is 108 Å². The lowest BCUT2D eigenvalue weighted by Gasteiger charge is -2.11. The van der Waals surface area contributed by atoms with Crippen LogP contribution in [0.15, 0.2) is 48.5 Å². The highest BCUT2D eigenvalue weighted by Gasteiger charge is 2.04. The van der Waals surface area contributed by atoms with E-state index in [2.05, 4.69) is 19.1 Å². The molecule has 2 heteroatoms. The highest BCUT2D eigenvalue weighted by molar-refractivity contribution is 5.40. The second-order valence-corrected chi connectivity index (χ2v) is 4.10. The summed E-state index contributed by atoms with van der Waals surface area (Å²) in [5.41, 5.74) is 2.35. The predicted molar refractivity (Wildman–Crippen MR) is 73.1 cm³/mol. The van der Waals surface area contributed by atoms with Crippen molar-refractivity contribution in [3.05, 3.63) is 59.7 Å². The van der Waals surface area contributed by atoms with E-state index >= 15 is 0 Å². The summed E-state index contributed by atoms with van der Waals surface area (Å²) in [6.45, 7) is 2.71. The van der Waals surface area contributed by atoms with Gasteiger partial charge in [0, 0.05) is 0 Å². The van der Waals surface area contributed by atoms with Crippen LogP contribution in [-0.4, -0.2) is 7.11 Å². The molecule has 0 aliphatic carbocycles. The fourth-order valence-electron chi connectivity index (χ4n) is 1.84. The molecule has 18 heavy (non-hydrogen) atoms. The maximum absolute atomic E-state index is 5.86. The fourth-order valence-corrected chi connectivity index (χ4v) is 1.84. The van der Waals surface area contributed by atoms with Crippen molar-refractivity contribution in [2.75, 3.05) is 7.11 Å². The Kier molecular flexibility index (Phi) is 4.24. The zero-order valence-electron chi connectivity index (χ0n) is 10.8. The van der Waals surface area contributed by atoms with E-state index < -0.39 is 0 Å². The van der Waals surface area contributed by atoms with E-state index in [-0.39, 0.29) is 0 Å². The average molecular weight is 242 g/mol. The van der Waals surface area contributed by atoms with Crippen LogP contribution in [0.5, 0.6) is 11.5 Å². The summed E-state index contributed by atoms with van der Waals surface area (Å²) in [6.07, 6.45) is 0.932. The summed E-state index contributed by atoms with van der Waals surface area (Å²) in [7, 11) is 1.68. The minimum Gasteiger partial charge on any atom is -0.497 e. The van der Waals surface area contributed by atoms with Crippen LogP contribution in [-0.2, 0) is 13.0 Å². The van der Waals surface area contributed by atoms with Crippen molar-refractivity contribution in [3.8, 4) is 11.5 Å². The van der Waals surface area contributed by atoms with Crippen LogP contribution in [0.3, 0.4) is 0 Å². The van der Waals surface area contributed by atoms with Crippen LogP contribution in [0.2, 0.25) is 0 Å². The molecule has 0 saturated carbocycles. The summed E-state index contributed by atoms with van der Waals surface area (Å²) in [6, 6.07) is 16.1. The third kappa shape index (κ3) is 3.04. The van der Waals surface area contributed by atoms with E-state index in [0.29, 0.717) is 6.61 Å². The van der Waals surface area contributed by atoms with Crippen molar-refractivity contribution in [1.29, 1.82) is 0 Å². The van der Waals surface area contributed by atoms with E-state index in [9.17, 15) is 0 Å². The second kappa shape index (κ2) is 6.10. The highest BCUT2D eigenvalue weighted by atomic mass is 16.5. The van der Waals surface area contributed by atoms with Crippen molar-refractivity contribution < 1.29 is 9.47 Å². The molecule has 0 amide bonds. The van der Waals surface area contributed by atoms with Crippen molar-refractivity contribution in [3.63, 3.8) is 0 Å². The highest BCUT2D eigenvalue weighted by Crippen LogP contribution is 2.25. The largest absolute Gasteiger partial charge is 0.497 e. The van der Waals surface area contributed by atoms with Gasteiger partial charge in [0.15, 0.2) is 0 Å². The van der Waals surface area contributed by atoms with Crippen molar-refractivity contribution in [2.45, 2.75) is 20.0 Å². The molecule has 0 aliphatic rings. The van der Waals surface area contributed by atoms with Gasteiger partial charge in [-0.3, -0.25) is 0 Å². The summed E-state index contributed by atoms with van der Waals surface area (Å²) >= 11 is 0. The Morgan fingerprint density at radius 3 is 2.44 bits per heavy atom. The van der Waals surface area contributed by atoms with Crippen molar-refractivity contribution >= 4 is 0 Å². The molecule has 0 bridgehead atoms. The Morgan fingerprint density at radius 2 is 1.78 bits per heavy atom. The molecular formula is C16H18O2. The van der Waals surface area contributed by atoms with Gasteiger partial charge in [-0.15, -0.1) is 0 Å². The topological polar surface area (TPSA) is 18.5 Å². The van der Waals surface area contributed by atoms with Gasteiger partial charge < -0.3 is 9.47 Å². The van der Waals surface area contributed by atoms with Crippen LogP contribution in [0, 0.1) is 0 Å². The van der Waals surface area contributed by atoms with E-state index in [4.69, 9.17) is 9.47 Å². The first-order valence-electron chi connectivity index (χ1n) is 6.17. The quantitative estimate of drug-likeness (QED) is 0.793. The fraction of sp³-hybridized carbons (Fsp3) is 0.250. The number of benzene rings is 2. The number of hydrogen-bond acceptors (Lipinski definition) is 2. The van der Waals surface area contributed by atoms with Gasteiger partial charge in [-0.1, -0.05) is 37.3 Å². The maximum Gasteiger partial charge on any atom is 0.123 e. The van der Waals surface area contributed by atoms with Crippen LogP contribution in [0.25, 0.3) is 0 Å². The number of rotatable bonds is 5. The molecule has 0 spiro atoms. The Bertz CT molecular complexity index is 492. The minimum absolute atomic E-state index is 0.597. The molecule has 0 heterocycles. The normalized spacial score (nSPS) is 10.1. The number of hydrogen-bond donors (Lipinski definition) is 0. The molecule has 2 aromatic rings. The third-order valence-electron chi connectivity index (χ3n) is 2.89. The molecule has 0 saturated heterocycles. The van der Waals surface area contributed by atoms with Gasteiger partial charge in [0.05, 0.1) is 7.11 Å². The maximum atomic E-state index is 5.86. The standard InChI is InChI=1S/C16H18O2/c1-3-14-11-15(17-2)9-10-16(14)18-12-13-7-5-4-6-8-13/h4-11H,3,12H2,1-2H3. The molecule has 0 radical (unpaired) electrons. The molecule has 2 nitrogen and oxygen atoms in total. The molecule has 0 unspecified atom stereocenters. The summed E-state index contributed by atoms with van der Waals surface area (Å²) in [4.78, 5) is 0. The van der Waals surface area contributed by atoms with Crippen LogP contribution >= 0.6 is 0 Å². The SMILES string of the molecule is CCc1cc(OC)ccc1OCc1ccccc1. The molecule has 2 rings (SSSR count). The molecule has 0 atom stereocenters. The average Bonchev–Trinajstić information content (AvgIpc) is 2.46. The first kappa shape index (κ1) is 12.5. The van der Waals surface area contributed by atoms with E-state index in [1.54, 1.807) is 7.11 Å². The second-order valence-electron chi connectivity index (χ2n) is 4.10. The Hall–Kier alpha value is -1.96. The van der Waals surface area contributed by atoms with Gasteiger partial charge in [-0.05, 0) is 35.7 Å². The van der Waals surface area contributed by atoms with Gasteiger partial charge in [0.25, 0.3) is 0 Å². The molecule has 2 aromatic carbocycles. The zero-order chi connectivity index (χ0) is 12.8. The Morgan fingerprint density at radius 1 is 1.00 bits per heavy atom. The van der Waals surface area contributed by atoms with E-state index in [1.807, 2.05) is 36.4 Å². The molecular weight excluding hydrogens is 224 g/mol. The molecule has 0 N–H and O–H groups in total. The monoisotopic (exact) mass is 242 g/mol. The molecule has 0 fully saturated rings. The van der Waals surface area contributed by atoms with E-state index in [0.717, 1.165) is 17.9 Å². The Balaban J connectivity index is 2.09. The van der Waals surface area contributed by atoms with Gasteiger partial charge >= 0.3 is 0 Å². The molecule has 0 aromatic heterocycles. The predicted octanol–water partition coefficient (Wildman–Crippen LogP) is 3.84. The van der Waals surface area contributed by atoms with Crippen LogP contribution < -0.4 is 9.47 Å². The number of methoxy groups -OCH3 is 1. The number of aryl methyl sites for hydroxylation is 1. The smallest absolute Gasteiger partial charge is 0.123 e. The lowest BCUT2D eigenvalue weighted by atomic mass is 10.1. The van der Waals surface area contributed by atoms with Crippen molar-refractivity contribution in [2.24, 2.45) is 0 Å². The van der Waals surface area contributed by atoms with Crippen LogP contribution in [0.1, 0.15) is 18.1 Å². The first-order chi connectivity index (χ1) is 8.83. The minimum atomic E-state index is 0.597. The number of ether oxygens (including phenoxy) is 2. The summed E-state index contributed by atoms with van der Waals surface area (Å²) < 4.78 is 11.1. The van der Waals surface area contributed by atoms with Crippen LogP contribution in [0.4, 0.5) is 0 Å². The van der Waals surface area contributed by atoms with Crippen molar-refractivity contribution in [1.82, 2.24) is 0 Å². The summed E-state index contributed by atoms with van der Waals surface area (Å²) in [5, 5.41) is 0. The molecule has 94 valence electrons. The lowest BCUT2D eigenvalue weighted by Crippen LogP contribution is -1.98. The van der Waals surface area contributed by atoms with E-state index in [1.165, 1.54) is 11.1 Å². The zero-order valence-corrected chi connectivity index (χ0v) is 10.8. The van der Waals surface area contributed by atoms with Gasteiger partial charge in [-0.25, -0.2) is 0 Å². The van der Waals surface area contributed by atoms with Gasteiger partial charge in [-0.2, -0.15) is 0 Å². The van der Waals surface area contributed by atoms with Gasteiger partial charge in [0.1, 0.15) is 18.1 Å². The summed E-state index contributed by atoms with van der Waals surface area (Å²) in [5.74, 6) is 1.81. The third-order valence-corrected chi connectivity index (χ3v) is 2.89. The molecule has 0 aliphatic heterocycles. The first-order valence-corrected chi connectivity index (χ1v) is 6.17. The lowest BCUT2D eigenvalue weighted by molar-refractivity contribution is 0.302. The van der Waals surface area contributed by atoms with Gasteiger partial charge in [0.2, 0.25) is 0 Å².